The number of amides is 1. The Morgan fingerprint density at radius 2 is 2.16 bits per heavy atom. The standard InChI is InChI=1S/C14H21NO3S/c1-11(2)15(10-14(17)18-3)13(16)8-4-6-12-7-5-9-19-12/h5,7,9,11H,4,6,8,10H2,1-3H3. The molecule has 0 fully saturated rings. The second-order valence-electron chi connectivity index (χ2n) is 4.62. The minimum atomic E-state index is -0.375. The van der Waals surface area contributed by atoms with Gasteiger partial charge in [-0.3, -0.25) is 9.59 Å². The highest BCUT2D eigenvalue weighted by Gasteiger charge is 2.19. The molecular formula is C14H21NO3S. The van der Waals surface area contributed by atoms with Crippen LogP contribution in [0, 0.1) is 0 Å². The molecule has 1 heterocycles. The molecule has 0 aliphatic carbocycles. The van der Waals surface area contributed by atoms with Crippen molar-refractivity contribution in [2.24, 2.45) is 0 Å². The van der Waals surface area contributed by atoms with Crippen molar-refractivity contribution in [1.29, 1.82) is 0 Å². The molecule has 19 heavy (non-hydrogen) atoms. The van der Waals surface area contributed by atoms with Crippen LogP contribution in [-0.2, 0) is 20.7 Å². The average Bonchev–Trinajstić information content (AvgIpc) is 2.88. The van der Waals surface area contributed by atoms with Gasteiger partial charge < -0.3 is 9.64 Å². The molecular weight excluding hydrogens is 262 g/mol. The second kappa shape index (κ2) is 7.94. The SMILES string of the molecule is COC(=O)CN(C(=O)CCCc1cccs1)C(C)C. The number of hydrogen-bond donors (Lipinski definition) is 0. The molecule has 1 rings (SSSR count). The van der Waals surface area contributed by atoms with Crippen LogP contribution >= 0.6 is 11.3 Å². The Balaban J connectivity index is 2.41. The van der Waals surface area contributed by atoms with Crippen LogP contribution in [0.2, 0.25) is 0 Å². The normalized spacial score (nSPS) is 10.5. The molecule has 0 N–H and O–H groups in total. The van der Waals surface area contributed by atoms with E-state index in [1.165, 1.54) is 12.0 Å². The molecule has 1 amide bonds. The fourth-order valence-corrected chi connectivity index (χ4v) is 2.53. The number of hydrogen-bond acceptors (Lipinski definition) is 4. The first kappa shape index (κ1) is 15.7. The topological polar surface area (TPSA) is 46.6 Å². The Morgan fingerprint density at radius 1 is 1.42 bits per heavy atom. The van der Waals surface area contributed by atoms with Gasteiger partial charge in [0.05, 0.1) is 7.11 Å². The number of carbonyl (C=O) groups is 2. The van der Waals surface area contributed by atoms with Crippen LogP contribution in [0.5, 0.6) is 0 Å². The van der Waals surface area contributed by atoms with Crippen LogP contribution in [0.3, 0.4) is 0 Å². The third-order valence-corrected chi connectivity index (χ3v) is 3.80. The molecule has 0 aliphatic heterocycles. The lowest BCUT2D eigenvalue weighted by Crippen LogP contribution is -2.41. The van der Waals surface area contributed by atoms with Gasteiger partial charge in [-0.2, -0.15) is 0 Å². The van der Waals surface area contributed by atoms with Crippen molar-refractivity contribution >= 4 is 23.2 Å². The van der Waals surface area contributed by atoms with Crippen LogP contribution in [0.15, 0.2) is 17.5 Å². The first-order valence-corrected chi connectivity index (χ1v) is 7.31. The van der Waals surface area contributed by atoms with Gasteiger partial charge in [0.2, 0.25) is 5.91 Å². The van der Waals surface area contributed by atoms with Gasteiger partial charge in [-0.1, -0.05) is 6.07 Å². The Bertz CT molecular complexity index is 401. The quantitative estimate of drug-likeness (QED) is 0.722. The number of carbonyl (C=O) groups excluding carboxylic acids is 2. The maximum absolute atomic E-state index is 12.1. The highest BCUT2D eigenvalue weighted by molar-refractivity contribution is 7.09. The molecule has 0 unspecified atom stereocenters. The zero-order valence-corrected chi connectivity index (χ0v) is 12.5. The molecule has 5 heteroatoms. The van der Waals surface area contributed by atoms with E-state index in [9.17, 15) is 9.59 Å². The van der Waals surface area contributed by atoms with Gasteiger partial charge in [0.15, 0.2) is 0 Å². The monoisotopic (exact) mass is 283 g/mol. The summed E-state index contributed by atoms with van der Waals surface area (Å²) < 4.78 is 4.61. The van der Waals surface area contributed by atoms with Crippen LogP contribution in [0.25, 0.3) is 0 Å². The predicted molar refractivity (Wildman–Crippen MR) is 76.1 cm³/mol. The lowest BCUT2D eigenvalue weighted by atomic mass is 10.2. The Kier molecular flexibility index (Phi) is 6.56. The van der Waals surface area contributed by atoms with Crippen molar-refractivity contribution in [1.82, 2.24) is 4.90 Å². The minimum Gasteiger partial charge on any atom is -0.468 e. The lowest BCUT2D eigenvalue weighted by Gasteiger charge is -2.25. The average molecular weight is 283 g/mol. The highest BCUT2D eigenvalue weighted by atomic mass is 32.1. The van der Waals surface area contributed by atoms with E-state index < -0.39 is 0 Å². The van der Waals surface area contributed by atoms with Crippen molar-refractivity contribution in [3.05, 3.63) is 22.4 Å². The summed E-state index contributed by atoms with van der Waals surface area (Å²) in [7, 11) is 1.34. The molecule has 4 nitrogen and oxygen atoms in total. The fourth-order valence-electron chi connectivity index (χ4n) is 1.77. The van der Waals surface area contributed by atoms with Crippen LogP contribution < -0.4 is 0 Å². The number of aryl methyl sites for hydroxylation is 1. The van der Waals surface area contributed by atoms with Crippen molar-refractivity contribution < 1.29 is 14.3 Å². The first-order valence-electron chi connectivity index (χ1n) is 6.43. The molecule has 1 aromatic rings. The molecule has 0 saturated heterocycles. The molecule has 0 radical (unpaired) electrons. The van der Waals surface area contributed by atoms with Gasteiger partial charge in [-0.15, -0.1) is 11.3 Å². The summed E-state index contributed by atoms with van der Waals surface area (Å²) in [6.07, 6.45) is 2.18. The van der Waals surface area contributed by atoms with Gasteiger partial charge in [0.25, 0.3) is 0 Å². The summed E-state index contributed by atoms with van der Waals surface area (Å²) in [4.78, 5) is 26.2. The maximum atomic E-state index is 12.1. The predicted octanol–water partition coefficient (Wildman–Crippen LogP) is 2.48. The Labute approximate surface area is 118 Å². The smallest absolute Gasteiger partial charge is 0.325 e. The fraction of sp³-hybridized carbons (Fsp3) is 0.571. The molecule has 0 bridgehead atoms. The molecule has 1 aromatic heterocycles. The molecule has 0 spiro atoms. The zero-order valence-electron chi connectivity index (χ0n) is 11.7. The second-order valence-corrected chi connectivity index (χ2v) is 5.66. The van der Waals surface area contributed by atoms with Crippen LogP contribution in [0.1, 0.15) is 31.6 Å². The largest absolute Gasteiger partial charge is 0.468 e. The molecule has 0 saturated carbocycles. The van der Waals surface area contributed by atoms with Crippen molar-refractivity contribution in [3.8, 4) is 0 Å². The van der Waals surface area contributed by atoms with E-state index in [-0.39, 0.29) is 24.5 Å². The summed E-state index contributed by atoms with van der Waals surface area (Å²) >= 11 is 1.70. The third kappa shape index (κ3) is 5.42. The summed E-state index contributed by atoms with van der Waals surface area (Å²) in [5, 5.41) is 2.04. The van der Waals surface area contributed by atoms with Gasteiger partial charge >= 0.3 is 5.97 Å². The van der Waals surface area contributed by atoms with E-state index in [1.807, 2.05) is 25.3 Å². The van der Waals surface area contributed by atoms with Crippen molar-refractivity contribution in [3.63, 3.8) is 0 Å². The molecule has 0 aromatic carbocycles. The Morgan fingerprint density at radius 3 is 2.68 bits per heavy atom. The van der Waals surface area contributed by atoms with E-state index in [0.29, 0.717) is 6.42 Å². The van der Waals surface area contributed by atoms with Gasteiger partial charge in [0, 0.05) is 17.3 Å². The van der Waals surface area contributed by atoms with Crippen LogP contribution in [0.4, 0.5) is 0 Å². The maximum Gasteiger partial charge on any atom is 0.325 e. The minimum absolute atomic E-state index is 0.00772. The van der Waals surface area contributed by atoms with Crippen molar-refractivity contribution in [2.45, 2.75) is 39.2 Å². The number of rotatable bonds is 7. The number of methoxy groups -OCH3 is 1. The number of esters is 1. The van der Waals surface area contributed by atoms with Gasteiger partial charge in [-0.25, -0.2) is 0 Å². The highest BCUT2D eigenvalue weighted by Crippen LogP contribution is 2.13. The molecule has 106 valence electrons. The number of thiophene rings is 1. The van der Waals surface area contributed by atoms with E-state index >= 15 is 0 Å². The van der Waals surface area contributed by atoms with Gasteiger partial charge in [-0.05, 0) is 38.1 Å². The first-order chi connectivity index (χ1) is 9.04. The summed E-state index contributed by atoms with van der Waals surface area (Å²) in [6, 6.07) is 4.09. The summed E-state index contributed by atoms with van der Waals surface area (Å²) in [5.74, 6) is -0.364. The summed E-state index contributed by atoms with van der Waals surface area (Å²) in [5.41, 5.74) is 0. The Hall–Kier alpha value is -1.36. The molecule has 0 aliphatic rings. The number of nitrogens with zero attached hydrogens (tertiary/aromatic N) is 1. The third-order valence-electron chi connectivity index (χ3n) is 2.86. The van der Waals surface area contributed by atoms with E-state index in [1.54, 1.807) is 16.2 Å². The molecule has 0 atom stereocenters. The van der Waals surface area contributed by atoms with Crippen LogP contribution in [-0.4, -0.2) is 36.5 Å². The van der Waals surface area contributed by atoms with E-state index in [0.717, 1.165) is 12.8 Å². The summed E-state index contributed by atoms with van der Waals surface area (Å²) in [6.45, 7) is 3.84. The van der Waals surface area contributed by atoms with Crippen molar-refractivity contribution in [2.75, 3.05) is 13.7 Å². The van der Waals surface area contributed by atoms with Gasteiger partial charge in [0.1, 0.15) is 6.54 Å². The van der Waals surface area contributed by atoms with E-state index in [4.69, 9.17) is 0 Å². The number of ether oxygens (including phenoxy) is 1. The van der Waals surface area contributed by atoms with E-state index in [2.05, 4.69) is 10.8 Å². The lowest BCUT2D eigenvalue weighted by molar-refractivity contribution is -0.148. The zero-order chi connectivity index (χ0) is 14.3.